The number of fused-ring (bicyclic) bond motifs is 3. The maximum Gasteiger partial charge on any atom is 0.573 e. The molecule has 0 unspecified atom stereocenters. The van der Waals surface area contributed by atoms with E-state index in [0.29, 0.717) is 29.5 Å². The number of anilines is 1. The van der Waals surface area contributed by atoms with Crippen LogP contribution in [0.1, 0.15) is 28.1 Å². The minimum Gasteiger partial charge on any atom is -0.406 e. The molecule has 214 valence electrons. The topological polar surface area (TPSA) is 85.0 Å². The first kappa shape index (κ1) is 27.7. The zero-order valence-electron chi connectivity index (χ0n) is 22.9. The van der Waals surface area contributed by atoms with Gasteiger partial charge in [0, 0.05) is 23.7 Å². The third-order valence-electron chi connectivity index (χ3n) is 7.13. The van der Waals surface area contributed by atoms with Crippen molar-refractivity contribution >= 4 is 34.7 Å². The SMILES string of the molecule is Cc1cccc(C)c1N1C(=O)CSC1=NN=Cc1ccc2c(n1)CCc1c-2nn(C)c1-c1ccc(OC(F)(F)F)cc1. The number of pyridine rings is 1. The van der Waals surface area contributed by atoms with Crippen molar-refractivity contribution in [1.82, 2.24) is 14.8 Å². The molecule has 0 bridgehead atoms. The van der Waals surface area contributed by atoms with Gasteiger partial charge in [-0.15, -0.1) is 18.3 Å². The molecule has 1 amide bonds. The fourth-order valence-electron chi connectivity index (χ4n) is 5.39. The molecule has 0 saturated carbocycles. The number of para-hydroxylation sites is 1. The Balaban J connectivity index is 1.24. The van der Waals surface area contributed by atoms with E-state index in [9.17, 15) is 18.0 Å². The lowest BCUT2D eigenvalue weighted by Gasteiger charge is -2.20. The van der Waals surface area contributed by atoms with Crippen molar-refractivity contribution in [2.45, 2.75) is 33.1 Å². The summed E-state index contributed by atoms with van der Waals surface area (Å²) in [6, 6.07) is 15.5. The second-order valence-electron chi connectivity index (χ2n) is 9.99. The van der Waals surface area contributed by atoms with Crippen LogP contribution >= 0.6 is 11.8 Å². The van der Waals surface area contributed by atoms with Gasteiger partial charge in [0.2, 0.25) is 5.91 Å². The summed E-state index contributed by atoms with van der Waals surface area (Å²) in [7, 11) is 1.81. The smallest absolute Gasteiger partial charge is 0.406 e. The highest BCUT2D eigenvalue weighted by atomic mass is 32.2. The molecular weight excluding hydrogens is 565 g/mol. The van der Waals surface area contributed by atoms with E-state index in [0.717, 1.165) is 50.6 Å². The van der Waals surface area contributed by atoms with Crippen LogP contribution in [0.3, 0.4) is 0 Å². The number of rotatable bonds is 5. The van der Waals surface area contributed by atoms with E-state index in [-0.39, 0.29) is 11.7 Å². The number of hydrogen-bond donors (Lipinski definition) is 0. The molecule has 0 atom stereocenters. The summed E-state index contributed by atoms with van der Waals surface area (Å²) in [5.74, 6) is 0.000644. The fourth-order valence-corrected chi connectivity index (χ4v) is 6.20. The van der Waals surface area contributed by atoms with Crippen molar-refractivity contribution in [3.8, 4) is 28.3 Å². The molecular formula is C30H25F3N6O2S. The normalized spacial score (nSPS) is 15.9. The van der Waals surface area contributed by atoms with Crippen LogP contribution < -0.4 is 9.64 Å². The monoisotopic (exact) mass is 590 g/mol. The van der Waals surface area contributed by atoms with Gasteiger partial charge in [-0.05, 0) is 74.2 Å². The second kappa shape index (κ2) is 10.8. The molecule has 6 rings (SSSR count). The third kappa shape index (κ3) is 5.29. The minimum absolute atomic E-state index is 0.0330. The van der Waals surface area contributed by atoms with E-state index < -0.39 is 6.36 Å². The van der Waals surface area contributed by atoms with Gasteiger partial charge in [-0.25, -0.2) is 0 Å². The zero-order valence-corrected chi connectivity index (χ0v) is 23.8. The highest BCUT2D eigenvalue weighted by molar-refractivity contribution is 8.15. The van der Waals surface area contributed by atoms with Gasteiger partial charge >= 0.3 is 6.36 Å². The first-order valence-electron chi connectivity index (χ1n) is 13.1. The van der Waals surface area contributed by atoms with Gasteiger partial charge in [-0.1, -0.05) is 30.0 Å². The van der Waals surface area contributed by atoms with Gasteiger partial charge in [0.1, 0.15) is 5.75 Å². The number of amidine groups is 1. The molecule has 0 radical (unpaired) electrons. The van der Waals surface area contributed by atoms with Crippen molar-refractivity contribution in [1.29, 1.82) is 0 Å². The van der Waals surface area contributed by atoms with Gasteiger partial charge in [-0.2, -0.15) is 10.2 Å². The van der Waals surface area contributed by atoms with E-state index >= 15 is 0 Å². The van der Waals surface area contributed by atoms with Crippen LogP contribution in [0.5, 0.6) is 5.75 Å². The van der Waals surface area contributed by atoms with Crippen LogP contribution in [0.25, 0.3) is 22.5 Å². The Bertz CT molecular complexity index is 1740. The molecule has 1 saturated heterocycles. The maximum absolute atomic E-state index is 12.7. The Kier molecular flexibility index (Phi) is 7.09. The molecule has 3 heterocycles. The van der Waals surface area contributed by atoms with Crippen molar-refractivity contribution < 1.29 is 22.7 Å². The molecule has 42 heavy (non-hydrogen) atoms. The summed E-state index contributed by atoms with van der Waals surface area (Å²) in [5.41, 5.74) is 8.62. The molecule has 1 aliphatic carbocycles. The number of carbonyl (C=O) groups is 1. The number of benzene rings is 2. The summed E-state index contributed by atoms with van der Waals surface area (Å²) in [6.07, 6.45) is -1.83. The van der Waals surface area contributed by atoms with E-state index in [1.807, 2.05) is 51.2 Å². The Morgan fingerprint density at radius 2 is 1.76 bits per heavy atom. The minimum atomic E-state index is -4.74. The van der Waals surface area contributed by atoms with Gasteiger partial charge in [-0.3, -0.25) is 19.4 Å². The first-order valence-corrected chi connectivity index (χ1v) is 14.1. The zero-order chi connectivity index (χ0) is 29.6. The highest BCUT2D eigenvalue weighted by Gasteiger charge is 2.32. The van der Waals surface area contributed by atoms with Crippen LogP contribution in [0, 0.1) is 13.8 Å². The quantitative estimate of drug-likeness (QED) is 0.203. The molecule has 2 aromatic carbocycles. The molecule has 0 N–H and O–H groups in total. The summed E-state index contributed by atoms with van der Waals surface area (Å²) < 4.78 is 43.4. The molecule has 0 spiro atoms. The number of nitrogens with zero attached hydrogens (tertiary/aromatic N) is 6. The average Bonchev–Trinajstić information content (AvgIpc) is 3.47. The van der Waals surface area contributed by atoms with E-state index in [1.54, 1.807) is 27.9 Å². The molecule has 1 aliphatic heterocycles. The van der Waals surface area contributed by atoms with E-state index in [1.165, 1.54) is 23.9 Å². The Labute approximate surface area is 243 Å². The molecule has 4 aromatic rings. The Morgan fingerprint density at radius 3 is 2.48 bits per heavy atom. The van der Waals surface area contributed by atoms with Crippen molar-refractivity contribution in [2.75, 3.05) is 10.7 Å². The Morgan fingerprint density at radius 1 is 1.02 bits per heavy atom. The van der Waals surface area contributed by atoms with Crippen LogP contribution in [0.15, 0.2) is 64.8 Å². The lowest BCUT2D eigenvalue weighted by Crippen LogP contribution is -2.30. The lowest BCUT2D eigenvalue weighted by molar-refractivity contribution is -0.274. The number of aryl methyl sites for hydroxylation is 4. The standard InChI is InChI=1S/C30H25F3N6O2S/c1-17-5-4-6-18(2)27(17)39-25(40)16-42-29(39)36-34-15-20-9-12-22-24(35-20)14-13-23-26(22)37-38(3)28(23)19-7-10-21(11-8-19)41-30(31,32)33/h4-12,15H,13-14,16H2,1-3H3. The molecule has 2 aromatic heterocycles. The highest BCUT2D eigenvalue weighted by Crippen LogP contribution is 2.38. The average molecular weight is 591 g/mol. The van der Waals surface area contributed by atoms with Crippen molar-refractivity contribution in [3.05, 3.63) is 82.7 Å². The number of alkyl halides is 3. The first-order chi connectivity index (χ1) is 20.1. The lowest BCUT2D eigenvalue weighted by atomic mass is 9.90. The molecule has 2 aliphatic rings. The molecule has 12 heteroatoms. The van der Waals surface area contributed by atoms with Crippen molar-refractivity contribution in [2.24, 2.45) is 17.3 Å². The van der Waals surface area contributed by atoms with Gasteiger partial charge in [0.25, 0.3) is 0 Å². The number of thioether (sulfide) groups is 1. The van der Waals surface area contributed by atoms with E-state index in [4.69, 9.17) is 10.1 Å². The van der Waals surface area contributed by atoms with Gasteiger partial charge < -0.3 is 4.74 Å². The second-order valence-corrected chi connectivity index (χ2v) is 10.9. The maximum atomic E-state index is 12.7. The third-order valence-corrected chi connectivity index (χ3v) is 8.04. The number of ether oxygens (including phenoxy) is 1. The van der Waals surface area contributed by atoms with Gasteiger partial charge in [0.05, 0.1) is 40.4 Å². The van der Waals surface area contributed by atoms with Crippen LogP contribution in [-0.4, -0.2) is 44.2 Å². The molecule has 1 fully saturated rings. The number of amides is 1. The van der Waals surface area contributed by atoms with Crippen molar-refractivity contribution in [3.63, 3.8) is 0 Å². The van der Waals surface area contributed by atoms with Crippen LogP contribution in [-0.2, 0) is 24.7 Å². The number of hydrogen-bond acceptors (Lipinski definition) is 7. The largest absolute Gasteiger partial charge is 0.573 e. The van der Waals surface area contributed by atoms with Crippen LogP contribution in [0.2, 0.25) is 0 Å². The predicted molar refractivity (Wildman–Crippen MR) is 157 cm³/mol. The van der Waals surface area contributed by atoms with E-state index in [2.05, 4.69) is 14.9 Å². The number of aromatic nitrogens is 3. The summed E-state index contributed by atoms with van der Waals surface area (Å²) in [4.78, 5) is 19.1. The van der Waals surface area contributed by atoms with Crippen LogP contribution in [0.4, 0.5) is 18.9 Å². The summed E-state index contributed by atoms with van der Waals surface area (Å²) in [6.45, 7) is 3.94. The summed E-state index contributed by atoms with van der Waals surface area (Å²) in [5, 5.41) is 13.9. The fraction of sp³-hybridized carbons (Fsp3) is 0.233. The van der Waals surface area contributed by atoms with Gasteiger partial charge in [0.15, 0.2) is 5.17 Å². The number of carbonyl (C=O) groups excluding carboxylic acids is 1. The Hall–Kier alpha value is -4.45. The summed E-state index contributed by atoms with van der Waals surface area (Å²) >= 11 is 1.35. The number of halogens is 3. The predicted octanol–water partition coefficient (Wildman–Crippen LogP) is 6.23. The molecule has 8 nitrogen and oxygen atoms in total.